The Kier molecular flexibility index (Phi) is 5.72. The number of nitrogens with zero attached hydrogens (tertiary/aromatic N) is 2. The van der Waals surface area contributed by atoms with Crippen LogP contribution in [0.4, 0.5) is 5.69 Å². The van der Waals surface area contributed by atoms with Gasteiger partial charge < -0.3 is 5.73 Å². The fraction of sp³-hybridized carbons (Fsp3) is 0.600. The largest absolute Gasteiger partial charge is 0.330 e. The number of hydrogen-bond donors (Lipinski definition) is 1. The molecule has 0 heterocycles. The lowest BCUT2D eigenvalue weighted by Gasteiger charge is -2.37. The van der Waals surface area contributed by atoms with Crippen molar-refractivity contribution in [3.63, 3.8) is 0 Å². The molecule has 1 aromatic carbocycles. The minimum atomic E-state index is -0.350. The van der Waals surface area contributed by atoms with Gasteiger partial charge in [-0.15, -0.1) is 0 Å². The Morgan fingerprint density at radius 3 is 2.81 bits per heavy atom. The van der Waals surface area contributed by atoms with Gasteiger partial charge in [-0.2, -0.15) is 0 Å². The van der Waals surface area contributed by atoms with E-state index in [1.54, 1.807) is 6.07 Å². The van der Waals surface area contributed by atoms with Gasteiger partial charge in [-0.25, -0.2) is 0 Å². The van der Waals surface area contributed by atoms with Gasteiger partial charge in [-0.3, -0.25) is 15.0 Å². The van der Waals surface area contributed by atoms with Crippen LogP contribution in [-0.4, -0.2) is 29.5 Å². The van der Waals surface area contributed by atoms with Crippen LogP contribution in [-0.2, 0) is 6.54 Å². The monoisotopic (exact) mass is 355 g/mol. The fourth-order valence-electron chi connectivity index (χ4n) is 3.26. The molecule has 2 rings (SSSR count). The lowest BCUT2D eigenvalue weighted by atomic mass is 9.83. The molecule has 2 atom stereocenters. The van der Waals surface area contributed by atoms with E-state index in [1.165, 1.54) is 25.3 Å². The minimum Gasteiger partial charge on any atom is -0.330 e. The number of halogens is 1. The first-order chi connectivity index (χ1) is 10.0. The van der Waals surface area contributed by atoms with Gasteiger partial charge in [-0.1, -0.05) is 25.0 Å². The Balaban J connectivity index is 2.13. The predicted molar refractivity (Wildman–Crippen MR) is 87.1 cm³/mol. The Bertz CT molecular complexity index is 510. The summed E-state index contributed by atoms with van der Waals surface area (Å²) in [4.78, 5) is 12.9. The van der Waals surface area contributed by atoms with E-state index in [-0.39, 0.29) is 10.6 Å². The van der Waals surface area contributed by atoms with E-state index in [0.717, 1.165) is 12.0 Å². The Morgan fingerprint density at radius 2 is 2.14 bits per heavy atom. The van der Waals surface area contributed by atoms with Crippen LogP contribution in [0.1, 0.15) is 31.2 Å². The molecular weight excluding hydrogens is 334 g/mol. The molecule has 5 nitrogen and oxygen atoms in total. The van der Waals surface area contributed by atoms with Crippen molar-refractivity contribution in [1.82, 2.24) is 4.90 Å². The molecule has 0 bridgehead atoms. The summed E-state index contributed by atoms with van der Waals surface area (Å²) in [6.45, 7) is 1.41. The summed E-state index contributed by atoms with van der Waals surface area (Å²) >= 11 is 3.37. The first-order valence-corrected chi connectivity index (χ1v) is 8.16. The molecule has 2 N–H and O–H groups in total. The summed E-state index contributed by atoms with van der Waals surface area (Å²) in [5.74, 6) is 0.529. The molecule has 0 radical (unpaired) electrons. The van der Waals surface area contributed by atoms with E-state index < -0.39 is 0 Å². The van der Waals surface area contributed by atoms with Crippen LogP contribution in [0.15, 0.2) is 22.7 Å². The summed E-state index contributed by atoms with van der Waals surface area (Å²) in [6, 6.07) is 5.67. The van der Waals surface area contributed by atoms with Gasteiger partial charge in [0.1, 0.15) is 0 Å². The van der Waals surface area contributed by atoms with Crippen molar-refractivity contribution in [2.24, 2.45) is 11.7 Å². The molecule has 0 aromatic heterocycles. The molecule has 0 amide bonds. The molecule has 6 heteroatoms. The van der Waals surface area contributed by atoms with Gasteiger partial charge in [-0.05, 0) is 53.8 Å². The summed E-state index contributed by atoms with van der Waals surface area (Å²) in [5.41, 5.74) is 6.97. The van der Waals surface area contributed by atoms with Gasteiger partial charge in [0.15, 0.2) is 0 Å². The van der Waals surface area contributed by atoms with Crippen molar-refractivity contribution < 1.29 is 4.92 Å². The number of nitrogens with two attached hydrogens (primary N) is 1. The number of hydrogen-bond acceptors (Lipinski definition) is 4. The van der Waals surface area contributed by atoms with Gasteiger partial charge in [0, 0.05) is 18.7 Å². The van der Waals surface area contributed by atoms with Crippen LogP contribution < -0.4 is 5.73 Å². The number of nitro benzene ring substituents is 1. The van der Waals surface area contributed by atoms with Crippen molar-refractivity contribution in [3.8, 4) is 0 Å². The van der Waals surface area contributed by atoms with Crippen LogP contribution in [0.5, 0.6) is 0 Å². The molecule has 21 heavy (non-hydrogen) atoms. The number of benzene rings is 1. The van der Waals surface area contributed by atoms with Crippen molar-refractivity contribution in [2.75, 3.05) is 13.6 Å². The SMILES string of the molecule is CN(Cc1cccc([N+](=O)[O-])c1Br)C1CCCCC1CN. The first-order valence-electron chi connectivity index (χ1n) is 7.36. The van der Waals surface area contributed by atoms with Crippen LogP contribution in [0.25, 0.3) is 0 Å². The highest BCUT2D eigenvalue weighted by Gasteiger charge is 2.28. The lowest BCUT2D eigenvalue weighted by molar-refractivity contribution is -0.385. The van der Waals surface area contributed by atoms with E-state index in [0.29, 0.717) is 29.5 Å². The van der Waals surface area contributed by atoms with Crippen molar-refractivity contribution in [3.05, 3.63) is 38.3 Å². The highest BCUT2D eigenvalue weighted by Crippen LogP contribution is 2.32. The second kappa shape index (κ2) is 7.33. The van der Waals surface area contributed by atoms with E-state index >= 15 is 0 Å². The third-order valence-electron chi connectivity index (χ3n) is 4.41. The molecular formula is C15H22BrN3O2. The van der Waals surface area contributed by atoms with Gasteiger partial charge in [0.2, 0.25) is 0 Å². The van der Waals surface area contributed by atoms with Gasteiger partial charge in [0.25, 0.3) is 5.69 Å². The first kappa shape index (κ1) is 16.4. The van der Waals surface area contributed by atoms with Gasteiger partial charge >= 0.3 is 0 Å². The van der Waals surface area contributed by atoms with Gasteiger partial charge in [0.05, 0.1) is 9.40 Å². The topological polar surface area (TPSA) is 72.4 Å². The molecule has 1 saturated carbocycles. The maximum Gasteiger partial charge on any atom is 0.283 e. The maximum absolute atomic E-state index is 11.0. The van der Waals surface area contributed by atoms with Crippen molar-refractivity contribution >= 4 is 21.6 Å². The van der Waals surface area contributed by atoms with E-state index in [9.17, 15) is 10.1 Å². The molecule has 0 aliphatic heterocycles. The number of nitro groups is 1. The summed E-state index contributed by atoms with van der Waals surface area (Å²) in [6.07, 6.45) is 4.83. The zero-order valence-corrected chi connectivity index (χ0v) is 13.9. The van der Waals surface area contributed by atoms with E-state index in [1.807, 2.05) is 6.07 Å². The molecule has 2 unspecified atom stereocenters. The molecule has 0 saturated heterocycles. The second-order valence-electron chi connectivity index (χ2n) is 5.77. The molecule has 1 aliphatic rings. The van der Waals surface area contributed by atoms with Crippen molar-refractivity contribution in [1.29, 1.82) is 0 Å². The average Bonchev–Trinajstić information content (AvgIpc) is 2.48. The Labute approximate surface area is 133 Å². The maximum atomic E-state index is 11.0. The standard InChI is InChI=1S/C15H22BrN3O2/c1-18(13-7-3-2-5-11(13)9-17)10-12-6-4-8-14(15(12)16)19(20)21/h4,6,8,11,13H,2-3,5,7,9-10,17H2,1H3. The third kappa shape index (κ3) is 3.81. The third-order valence-corrected chi connectivity index (χ3v) is 5.33. The van der Waals surface area contributed by atoms with Crippen LogP contribution in [0.2, 0.25) is 0 Å². The molecule has 116 valence electrons. The molecule has 1 aliphatic carbocycles. The highest BCUT2D eigenvalue weighted by atomic mass is 79.9. The van der Waals surface area contributed by atoms with Crippen LogP contribution in [0.3, 0.4) is 0 Å². The van der Waals surface area contributed by atoms with Crippen LogP contribution >= 0.6 is 15.9 Å². The van der Waals surface area contributed by atoms with Crippen molar-refractivity contribution in [2.45, 2.75) is 38.3 Å². The summed E-state index contributed by atoms with van der Waals surface area (Å²) in [5, 5.41) is 11.0. The zero-order valence-electron chi connectivity index (χ0n) is 12.3. The summed E-state index contributed by atoms with van der Waals surface area (Å²) < 4.78 is 0.585. The quantitative estimate of drug-likeness (QED) is 0.649. The Morgan fingerprint density at radius 1 is 1.43 bits per heavy atom. The second-order valence-corrected chi connectivity index (χ2v) is 6.56. The molecule has 1 fully saturated rings. The average molecular weight is 356 g/mol. The highest BCUT2D eigenvalue weighted by molar-refractivity contribution is 9.10. The summed E-state index contributed by atoms with van der Waals surface area (Å²) in [7, 11) is 2.09. The fourth-order valence-corrected chi connectivity index (χ4v) is 3.79. The number of rotatable bonds is 5. The minimum absolute atomic E-state index is 0.125. The normalized spacial score (nSPS) is 22.5. The van der Waals surface area contributed by atoms with E-state index in [4.69, 9.17) is 5.73 Å². The Hall–Kier alpha value is -0.980. The molecule has 0 spiro atoms. The zero-order chi connectivity index (χ0) is 15.4. The van der Waals surface area contributed by atoms with E-state index in [2.05, 4.69) is 27.9 Å². The van der Waals surface area contributed by atoms with Crippen LogP contribution in [0, 0.1) is 16.0 Å². The lowest BCUT2D eigenvalue weighted by Crippen LogP contribution is -2.42. The molecule has 1 aromatic rings. The smallest absolute Gasteiger partial charge is 0.283 e. The predicted octanol–water partition coefficient (Wildman–Crippen LogP) is 3.31.